The van der Waals surface area contributed by atoms with E-state index in [0.29, 0.717) is 11.2 Å². The molecule has 0 saturated carbocycles. The lowest BCUT2D eigenvalue weighted by molar-refractivity contribution is 0.0996. The predicted molar refractivity (Wildman–Crippen MR) is 45.9 cm³/mol. The van der Waals surface area contributed by atoms with Gasteiger partial charge in [-0.15, -0.1) is 0 Å². The molecule has 2 rings (SSSR count). The summed E-state index contributed by atoms with van der Waals surface area (Å²) in [4.78, 5) is 22.6. The minimum absolute atomic E-state index is 0.202. The molecular weight excluding hydrogens is 168 g/mol. The van der Waals surface area contributed by atoms with Crippen molar-refractivity contribution in [2.45, 2.75) is 0 Å². The summed E-state index contributed by atoms with van der Waals surface area (Å²) in [6, 6.07) is 3.19. The second kappa shape index (κ2) is 2.78. The topological polar surface area (TPSA) is 81.8 Å². The summed E-state index contributed by atoms with van der Waals surface area (Å²) in [5.74, 6) is -0.562. The van der Waals surface area contributed by atoms with E-state index in [2.05, 4.69) is 15.0 Å². The van der Waals surface area contributed by atoms with E-state index in [4.69, 9.17) is 5.73 Å². The smallest absolute Gasteiger partial charge is 0.267 e. The average molecular weight is 174 g/mol. The van der Waals surface area contributed by atoms with Crippen molar-refractivity contribution in [1.82, 2.24) is 15.0 Å². The van der Waals surface area contributed by atoms with E-state index in [0.717, 1.165) is 0 Å². The number of carbonyl (C=O) groups excluding carboxylic acids is 1. The number of aromatic nitrogens is 3. The molecule has 2 aromatic rings. The molecular formula is C8H6N4O. The predicted octanol–water partition coefficient (Wildman–Crippen LogP) is 0.124. The maximum atomic E-state index is 10.8. The number of fused-ring (bicyclic) bond motifs is 1. The van der Waals surface area contributed by atoms with Gasteiger partial charge in [-0.3, -0.25) is 9.78 Å². The quantitative estimate of drug-likeness (QED) is 0.665. The summed E-state index contributed by atoms with van der Waals surface area (Å²) in [6.45, 7) is 0. The highest BCUT2D eigenvalue weighted by Gasteiger charge is 2.03. The van der Waals surface area contributed by atoms with Crippen LogP contribution in [0.2, 0.25) is 0 Å². The molecule has 64 valence electrons. The summed E-state index contributed by atoms with van der Waals surface area (Å²) < 4.78 is 0. The van der Waals surface area contributed by atoms with Gasteiger partial charge >= 0.3 is 0 Å². The highest BCUT2D eigenvalue weighted by atomic mass is 16.1. The first-order valence-corrected chi connectivity index (χ1v) is 3.65. The minimum Gasteiger partial charge on any atom is -0.364 e. The normalized spacial score (nSPS) is 10.2. The molecule has 2 heterocycles. The van der Waals surface area contributed by atoms with Crippen LogP contribution in [0.15, 0.2) is 24.5 Å². The van der Waals surface area contributed by atoms with Crippen LogP contribution < -0.4 is 5.73 Å². The molecule has 0 radical (unpaired) electrons. The zero-order valence-corrected chi connectivity index (χ0v) is 6.64. The van der Waals surface area contributed by atoms with Gasteiger partial charge in [0.2, 0.25) is 0 Å². The molecule has 2 aromatic heterocycles. The number of hydrogen-bond donors (Lipinski definition) is 1. The highest BCUT2D eigenvalue weighted by molar-refractivity contribution is 5.92. The van der Waals surface area contributed by atoms with Crippen LogP contribution in [0.4, 0.5) is 0 Å². The summed E-state index contributed by atoms with van der Waals surface area (Å²) >= 11 is 0. The Balaban J connectivity index is 2.69. The van der Waals surface area contributed by atoms with Crippen molar-refractivity contribution in [1.29, 1.82) is 0 Å². The summed E-state index contributed by atoms with van der Waals surface area (Å²) in [5, 5.41) is 0. The molecule has 13 heavy (non-hydrogen) atoms. The summed E-state index contributed by atoms with van der Waals surface area (Å²) in [5.41, 5.74) is 6.33. The second-order valence-corrected chi connectivity index (χ2v) is 2.46. The first kappa shape index (κ1) is 7.60. The molecule has 0 saturated heterocycles. The molecule has 0 bridgehead atoms. The Morgan fingerprint density at radius 2 is 2.00 bits per heavy atom. The van der Waals surface area contributed by atoms with Crippen LogP contribution in [-0.2, 0) is 0 Å². The number of hydrogen-bond acceptors (Lipinski definition) is 4. The fraction of sp³-hybridized carbons (Fsp3) is 0. The number of primary amides is 1. The molecule has 0 aromatic carbocycles. The first-order chi connectivity index (χ1) is 6.27. The zero-order chi connectivity index (χ0) is 9.26. The third kappa shape index (κ3) is 1.31. The van der Waals surface area contributed by atoms with Gasteiger partial charge < -0.3 is 5.73 Å². The molecule has 2 N–H and O–H groups in total. The van der Waals surface area contributed by atoms with Gasteiger partial charge in [0.05, 0.1) is 0 Å². The van der Waals surface area contributed by atoms with E-state index < -0.39 is 5.91 Å². The lowest BCUT2D eigenvalue weighted by atomic mass is 10.3. The number of amides is 1. The molecule has 0 atom stereocenters. The van der Waals surface area contributed by atoms with Crippen LogP contribution in [-0.4, -0.2) is 20.9 Å². The molecule has 0 aliphatic heterocycles. The van der Waals surface area contributed by atoms with Crippen LogP contribution in [0.5, 0.6) is 0 Å². The fourth-order valence-electron chi connectivity index (χ4n) is 0.992. The third-order valence-electron chi connectivity index (χ3n) is 1.58. The monoisotopic (exact) mass is 174 g/mol. The Morgan fingerprint density at radius 3 is 2.77 bits per heavy atom. The van der Waals surface area contributed by atoms with Crippen LogP contribution in [0.1, 0.15) is 10.5 Å². The molecule has 0 spiro atoms. The van der Waals surface area contributed by atoms with Gasteiger partial charge in [0.25, 0.3) is 5.91 Å². The average Bonchev–Trinajstić information content (AvgIpc) is 2.17. The number of pyridine rings is 1. The Labute approximate surface area is 73.6 Å². The van der Waals surface area contributed by atoms with E-state index >= 15 is 0 Å². The molecule has 0 fully saturated rings. The van der Waals surface area contributed by atoms with Crippen molar-refractivity contribution < 1.29 is 4.79 Å². The standard InChI is InChI=1S/C8H6N4O/c9-7(13)5-1-2-6-8(12-5)11-4-3-10-6/h1-4H,(H2,9,13). The van der Waals surface area contributed by atoms with Gasteiger partial charge in [0, 0.05) is 12.4 Å². The van der Waals surface area contributed by atoms with Crippen molar-refractivity contribution in [2.24, 2.45) is 5.73 Å². The van der Waals surface area contributed by atoms with E-state index in [1.807, 2.05) is 0 Å². The Morgan fingerprint density at radius 1 is 1.23 bits per heavy atom. The molecule has 5 heteroatoms. The Kier molecular flexibility index (Phi) is 1.63. The maximum absolute atomic E-state index is 10.8. The van der Waals surface area contributed by atoms with Gasteiger partial charge in [-0.05, 0) is 12.1 Å². The van der Waals surface area contributed by atoms with Crippen LogP contribution in [0.25, 0.3) is 11.2 Å². The van der Waals surface area contributed by atoms with Crippen molar-refractivity contribution in [3.8, 4) is 0 Å². The van der Waals surface area contributed by atoms with Gasteiger partial charge in [-0.25, -0.2) is 9.97 Å². The molecule has 1 amide bonds. The fourth-order valence-corrected chi connectivity index (χ4v) is 0.992. The summed E-state index contributed by atoms with van der Waals surface area (Å²) in [7, 11) is 0. The SMILES string of the molecule is NC(=O)c1ccc2nccnc2n1. The second-order valence-electron chi connectivity index (χ2n) is 2.46. The van der Waals surface area contributed by atoms with E-state index in [-0.39, 0.29) is 5.69 Å². The lowest BCUT2D eigenvalue weighted by Gasteiger charge is -1.96. The number of nitrogens with zero attached hydrogens (tertiary/aromatic N) is 3. The minimum atomic E-state index is -0.562. The first-order valence-electron chi connectivity index (χ1n) is 3.65. The maximum Gasteiger partial charge on any atom is 0.267 e. The van der Waals surface area contributed by atoms with Crippen molar-refractivity contribution >= 4 is 17.1 Å². The Bertz CT molecular complexity index is 468. The van der Waals surface area contributed by atoms with Gasteiger partial charge in [0.15, 0.2) is 5.65 Å². The van der Waals surface area contributed by atoms with Gasteiger partial charge in [-0.2, -0.15) is 0 Å². The highest BCUT2D eigenvalue weighted by Crippen LogP contribution is 2.05. The van der Waals surface area contributed by atoms with Crippen molar-refractivity contribution in [3.05, 3.63) is 30.2 Å². The zero-order valence-electron chi connectivity index (χ0n) is 6.64. The molecule has 5 nitrogen and oxygen atoms in total. The van der Waals surface area contributed by atoms with Crippen LogP contribution in [0, 0.1) is 0 Å². The van der Waals surface area contributed by atoms with E-state index in [9.17, 15) is 4.79 Å². The Hall–Kier alpha value is -2.04. The third-order valence-corrected chi connectivity index (χ3v) is 1.58. The van der Waals surface area contributed by atoms with E-state index in [1.54, 1.807) is 12.3 Å². The molecule has 0 aliphatic rings. The lowest BCUT2D eigenvalue weighted by Crippen LogP contribution is -2.13. The van der Waals surface area contributed by atoms with E-state index in [1.165, 1.54) is 12.3 Å². The number of nitrogens with two attached hydrogens (primary N) is 1. The van der Waals surface area contributed by atoms with Crippen molar-refractivity contribution in [2.75, 3.05) is 0 Å². The number of carbonyl (C=O) groups is 1. The van der Waals surface area contributed by atoms with Crippen molar-refractivity contribution in [3.63, 3.8) is 0 Å². The summed E-state index contributed by atoms with van der Waals surface area (Å²) in [6.07, 6.45) is 3.08. The van der Waals surface area contributed by atoms with Crippen LogP contribution >= 0.6 is 0 Å². The van der Waals surface area contributed by atoms with Gasteiger partial charge in [-0.1, -0.05) is 0 Å². The molecule has 0 unspecified atom stereocenters. The van der Waals surface area contributed by atoms with Gasteiger partial charge in [0.1, 0.15) is 11.2 Å². The largest absolute Gasteiger partial charge is 0.364 e. The van der Waals surface area contributed by atoms with Crippen LogP contribution in [0.3, 0.4) is 0 Å². The molecule has 0 aliphatic carbocycles. The number of rotatable bonds is 1.